The van der Waals surface area contributed by atoms with E-state index in [1.165, 1.54) is 9.78 Å². The second kappa shape index (κ2) is 7.66. The van der Waals surface area contributed by atoms with Crippen LogP contribution in [0.15, 0.2) is 53.9 Å². The lowest BCUT2D eigenvalue weighted by Gasteiger charge is -2.28. The van der Waals surface area contributed by atoms with Crippen molar-refractivity contribution in [1.82, 2.24) is 15.1 Å². The van der Waals surface area contributed by atoms with Crippen LogP contribution in [0.2, 0.25) is 0 Å². The molecule has 5 rings (SSSR count). The Balaban J connectivity index is 1.40. The van der Waals surface area contributed by atoms with Crippen LogP contribution in [-0.4, -0.2) is 42.1 Å². The van der Waals surface area contributed by atoms with Gasteiger partial charge in [0.15, 0.2) is 0 Å². The van der Waals surface area contributed by atoms with Crippen LogP contribution in [-0.2, 0) is 10.3 Å². The summed E-state index contributed by atoms with van der Waals surface area (Å²) >= 11 is 1.73. The number of likely N-dealkylation sites (tertiary alicyclic amines) is 1. The van der Waals surface area contributed by atoms with E-state index in [1.807, 2.05) is 36.4 Å². The maximum absolute atomic E-state index is 13.5. The molecule has 3 heterocycles. The van der Waals surface area contributed by atoms with Crippen LogP contribution in [0.1, 0.15) is 36.2 Å². The van der Waals surface area contributed by atoms with E-state index in [0.717, 1.165) is 41.5 Å². The molecule has 1 N–H and O–H groups in total. The highest BCUT2D eigenvalue weighted by Crippen LogP contribution is 2.37. The minimum atomic E-state index is -1.08. The summed E-state index contributed by atoms with van der Waals surface area (Å²) in [4.78, 5) is 31.2. The van der Waals surface area contributed by atoms with Crippen LogP contribution >= 0.6 is 11.3 Å². The maximum atomic E-state index is 13.5. The van der Waals surface area contributed by atoms with E-state index in [4.69, 9.17) is 4.74 Å². The number of imide groups is 1. The largest absolute Gasteiger partial charge is 0.497 e. The third-order valence-corrected chi connectivity index (χ3v) is 7.43. The van der Waals surface area contributed by atoms with Gasteiger partial charge in [0, 0.05) is 17.5 Å². The van der Waals surface area contributed by atoms with Crippen molar-refractivity contribution in [3.8, 4) is 5.75 Å². The third kappa shape index (κ3) is 3.38. The van der Waals surface area contributed by atoms with Crippen LogP contribution in [0.3, 0.4) is 0 Å². The Labute approximate surface area is 185 Å². The Hall–Kier alpha value is -2.90. The number of fused-ring (bicyclic) bond motifs is 1. The molecule has 6 nitrogen and oxygen atoms in total. The van der Waals surface area contributed by atoms with Crippen molar-refractivity contribution < 1.29 is 14.3 Å². The lowest BCUT2D eigenvalue weighted by molar-refractivity contribution is -0.132. The lowest BCUT2D eigenvalue weighted by atomic mass is 9.90. The number of hydrogen-bond donors (Lipinski definition) is 1. The zero-order chi connectivity index (χ0) is 21.6. The third-order valence-electron chi connectivity index (χ3n) is 6.46. The van der Waals surface area contributed by atoms with Gasteiger partial charge in [-0.25, -0.2) is 9.69 Å². The van der Waals surface area contributed by atoms with E-state index in [1.54, 1.807) is 25.4 Å². The SMILES string of the molecule is COc1ccc2cc([C@@]3(C)NC(=O)N(CN4CCC[C@@H]4c4cccs4)C3=O)ccc2c1. The molecule has 0 aliphatic carbocycles. The molecule has 0 bridgehead atoms. The average Bonchev–Trinajstić information content (AvgIpc) is 3.51. The molecule has 0 spiro atoms. The van der Waals surface area contributed by atoms with Gasteiger partial charge in [-0.3, -0.25) is 9.69 Å². The first kappa shape index (κ1) is 20.0. The van der Waals surface area contributed by atoms with E-state index < -0.39 is 5.54 Å². The molecule has 2 atom stereocenters. The molecule has 3 aromatic rings. The highest BCUT2D eigenvalue weighted by molar-refractivity contribution is 7.10. The molecule has 31 heavy (non-hydrogen) atoms. The molecule has 3 amide bonds. The smallest absolute Gasteiger partial charge is 0.326 e. The van der Waals surface area contributed by atoms with Gasteiger partial charge in [-0.05, 0) is 65.7 Å². The number of thiophene rings is 1. The van der Waals surface area contributed by atoms with Crippen LogP contribution in [0.4, 0.5) is 4.79 Å². The number of rotatable bonds is 5. The fraction of sp³-hybridized carbons (Fsp3) is 0.333. The van der Waals surface area contributed by atoms with Crippen LogP contribution < -0.4 is 10.1 Å². The highest BCUT2D eigenvalue weighted by Gasteiger charge is 2.50. The summed E-state index contributed by atoms with van der Waals surface area (Å²) in [6, 6.07) is 15.8. The van der Waals surface area contributed by atoms with Gasteiger partial charge in [0.05, 0.1) is 13.8 Å². The Morgan fingerprint density at radius 2 is 1.97 bits per heavy atom. The highest BCUT2D eigenvalue weighted by atomic mass is 32.1. The van der Waals surface area contributed by atoms with E-state index in [9.17, 15) is 9.59 Å². The molecule has 2 aromatic carbocycles. The van der Waals surface area contributed by atoms with Crippen LogP contribution in [0.5, 0.6) is 5.75 Å². The van der Waals surface area contributed by atoms with Crippen molar-refractivity contribution in [3.05, 3.63) is 64.4 Å². The molecule has 1 aromatic heterocycles. The van der Waals surface area contributed by atoms with Gasteiger partial charge in [-0.15, -0.1) is 11.3 Å². The lowest BCUT2D eigenvalue weighted by Crippen LogP contribution is -2.43. The Morgan fingerprint density at radius 1 is 1.16 bits per heavy atom. The van der Waals surface area contributed by atoms with Gasteiger partial charge in [0.1, 0.15) is 11.3 Å². The number of methoxy groups -OCH3 is 1. The summed E-state index contributed by atoms with van der Waals surface area (Å²) in [6.07, 6.45) is 2.12. The topological polar surface area (TPSA) is 61.9 Å². The van der Waals surface area contributed by atoms with Crippen molar-refractivity contribution in [2.45, 2.75) is 31.3 Å². The van der Waals surface area contributed by atoms with Crippen molar-refractivity contribution in [3.63, 3.8) is 0 Å². The first-order chi connectivity index (χ1) is 15.0. The molecule has 0 saturated carbocycles. The summed E-state index contributed by atoms with van der Waals surface area (Å²) in [6.45, 7) is 2.99. The first-order valence-electron chi connectivity index (χ1n) is 10.5. The van der Waals surface area contributed by atoms with Crippen molar-refractivity contribution in [2.75, 3.05) is 20.3 Å². The molecule has 0 radical (unpaired) electrons. The van der Waals surface area contributed by atoms with E-state index in [-0.39, 0.29) is 18.0 Å². The monoisotopic (exact) mass is 435 g/mol. The minimum absolute atomic E-state index is 0.206. The number of urea groups is 1. The molecule has 0 unspecified atom stereocenters. The quantitative estimate of drug-likeness (QED) is 0.601. The van der Waals surface area contributed by atoms with E-state index in [2.05, 4.69) is 27.7 Å². The number of carbonyl (C=O) groups excluding carboxylic acids is 2. The Morgan fingerprint density at radius 3 is 2.74 bits per heavy atom. The summed E-state index contributed by atoms with van der Waals surface area (Å²) in [7, 11) is 1.64. The number of nitrogens with one attached hydrogen (secondary N) is 1. The van der Waals surface area contributed by atoms with Crippen LogP contribution in [0, 0.1) is 0 Å². The first-order valence-corrected chi connectivity index (χ1v) is 11.4. The Kier molecular flexibility index (Phi) is 4.95. The Bertz CT molecular complexity index is 1150. The van der Waals surface area contributed by atoms with Gasteiger partial charge in [0.25, 0.3) is 5.91 Å². The van der Waals surface area contributed by atoms with Gasteiger partial charge >= 0.3 is 6.03 Å². The molecular weight excluding hydrogens is 410 g/mol. The van der Waals surface area contributed by atoms with Crippen molar-refractivity contribution in [2.24, 2.45) is 0 Å². The molecule has 2 fully saturated rings. The van der Waals surface area contributed by atoms with Crippen molar-refractivity contribution in [1.29, 1.82) is 0 Å². The fourth-order valence-electron chi connectivity index (χ4n) is 4.66. The minimum Gasteiger partial charge on any atom is -0.497 e. The van der Waals surface area contributed by atoms with E-state index in [0.29, 0.717) is 6.67 Å². The summed E-state index contributed by atoms with van der Waals surface area (Å²) in [5, 5.41) is 7.04. The zero-order valence-corrected chi connectivity index (χ0v) is 18.4. The standard InChI is InChI=1S/C24H25N3O3S/c1-24(18-9-7-17-14-19(30-2)10-8-16(17)13-18)22(28)27(23(29)25-24)15-26-11-3-5-20(26)21-6-4-12-31-21/h4,6-10,12-14,20H,3,5,11,15H2,1-2H3,(H,25,29)/t20-,24-/m1/s1. The molecule has 160 valence electrons. The van der Waals surface area contributed by atoms with Gasteiger partial charge < -0.3 is 10.1 Å². The summed E-state index contributed by atoms with van der Waals surface area (Å²) in [5.41, 5.74) is -0.300. The molecule has 7 heteroatoms. The summed E-state index contributed by atoms with van der Waals surface area (Å²) < 4.78 is 5.29. The zero-order valence-electron chi connectivity index (χ0n) is 17.6. The molecule has 2 aliphatic heterocycles. The van der Waals surface area contributed by atoms with Crippen molar-refractivity contribution >= 4 is 34.0 Å². The number of amides is 3. The number of nitrogens with zero attached hydrogens (tertiary/aromatic N) is 2. The second-order valence-electron chi connectivity index (χ2n) is 8.34. The fourth-order valence-corrected chi connectivity index (χ4v) is 5.56. The van der Waals surface area contributed by atoms with Gasteiger partial charge in [-0.1, -0.05) is 24.3 Å². The molecule has 2 aliphatic rings. The predicted molar refractivity (Wildman–Crippen MR) is 121 cm³/mol. The van der Waals surface area contributed by atoms with Crippen LogP contribution in [0.25, 0.3) is 10.8 Å². The maximum Gasteiger partial charge on any atom is 0.326 e. The average molecular weight is 436 g/mol. The number of carbonyl (C=O) groups is 2. The molecular formula is C24H25N3O3S. The van der Waals surface area contributed by atoms with E-state index >= 15 is 0 Å². The predicted octanol–water partition coefficient (Wildman–Crippen LogP) is 4.47. The number of benzene rings is 2. The molecule has 2 saturated heterocycles. The van der Waals surface area contributed by atoms with Gasteiger partial charge in [-0.2, -0.15) is 0 Å². The number of hydrogen-bond acceptors (Lipinski definition) is 5. The van der Waals surface area contributed by atoms with Gasteiger partial charge in [0.2, 0.25) is 0 Å². The second-order valence-corrected chi connectivity index (χ2v) is 9.32. The normalized spacial score (nSPS) is 24.2. The number of ether oxygens (including phenoxy) is 1. The summed E-state index contributed by atoms with van der Waals surface area (Å²) in [5.74, 6) is 0.580.